The Labute approximate surface area is 123 Å². The highest BCUT2D eigenvalue weighted by Crippen LogP contribution is 2.24. The van der Waals surface area contributed by atoms with Crippen molar-refractivity contribution in [1.29, 1.82) is 0 Å². The molecule has 1 aromatic carbocycles. The fraction of sp³-hybridized carbons (Fsp3) is 0.0769. The average Bonchev–Trinajstić information content (AvgIpc) is 2.42. The molecular weight excluding hydrogens is 327 g/mol. The zero-order chi connectivity index (χ0) is 14.7. The van der Waals surface area contributed by atoms with Crippen LogP contribution in [0, 0.1) is 12.7 Å². The largest absolute Gasteiger partial charge is 0.321 e. The zero-order valence-corrected chi connectivity index (χ0v) is 12.2. The summed E-state index contributed by atoms with van der Waals surface area (Å²) in [6, 6.07) is 6.72. The molecule has 7 heteroatoms. The molecule has 1 aromatic heterocycles. The molecule has 4 N–H and O–H groups in total. The molecule has 0 aliphatic heterocycles. The van der Waals surface area contributed by atoms with Gasteiger partial charge in [0.2, 0.25) is 0 Å². The van der Waals surface area contributed by atoms with Gasteiger partial charge in [0.1, 0.15) is 0 Å². The van der Waals surface area contributed by atoms with E-state index in [4.69, 9.17) is 5.84 Å². The summed E-state index contributed by atoms with van der Waals surface area (Å²) in [5, 5.41) is 2.62. The van der Waals surface area contributed by atoms with Crippen molar-refractivity contribution in [1.82, 2.24) is 4.98 Å². The molecule has 0 unspecified atom stereocenters. The predicted molar refractivity (Wildman–Crippen MR) is 78.8 cm³/mol. The highest BCUT2D eigenvalue weighted by molar-refractivity contribution is 9.10. The molecule has 0 radical (unpaired) electrons. The van der Waals surface area contributed by atoms with Gasteiger partial charge >= 0.3 is 0 Å². The summed E-state index contributed by atoms with van der Waals surface area (Å²) in [4.78, 5) is 15.7. The summed E-state index contributed by atoms with van der Waals surface area (Å²) < 4.78 is 14.6. The van der Waals surface area contributed by atoms with E-state index in [0.717, 1.165) is 10.0 Å². The maximum Gasteiger partial charge on any atom is 0.258 e. The number of pyridine rings is 1. The standard InChI is InChI=1S/C13H12BrFN4O/c1-7-2-3-10(9(14)6-7)18-13(20)8-4-5-17-12(19-16)11(8)15/h2-6H,16H2,1H3,(H,17,19)(H,18,20). The van der Waals surface area contributed by atoms with E-state index < -0.39 is 11.7 Å². The number of hydrazine groups is 1. The van der Waals surface area contributed by atoms with Crippen LogP contribution in [0.2, 0.25) is 0 Å². The van der Waals surface area contributed by atoms with Crippen LogP contribution in [0.25, 0.3) is 0 Å². The van der Waals surface area contributed by atoms with Crippen LogP contribution in [0.4, 0.5) is 15.9 Å². The molecular formula is C13H12BrFN4O. The van der Waals surface area contributed by atoms with Crippen molar-refractivity contribution in [2.75, 3.05) is 10.7 Å². The van der Waals surface area contributed by atoms with Crippen molar-refractivity contribution < 1.29 is 9.18 Å². The second-order valence-electron chi connectivity index (χ2n) is 4.10. The van der Waals surface area contributed by atoms with Gasteiger partial charge in [0.05, 0.1) is 11.3 Å². The number of benzene rings is 1. The van der Waals surface area contributed by atoms with Gasteiger partial charge in [0.15, 0.2) is 11.6 Å². The zero-order valence-electron chi connectivity index (χ0n) is 10.6. The molecule has 2 aromatic rings. The van der Waals surface area contributed by atoms with E-state index in [1.54, 1.807) is 6.07 Å². The summed E-state index contributed by atoms with van der Waals surface area (Å²) in [7, 11) is 0. The number of nitrogens with two attached hydrogens (primary N) is 1. The number of carbonyl (C=O) groups excluding carboxylic acids is 1. The van der Waals surface area contributed by atoms with Crippen LogP contribution in [0.1, 0.15) is 15.9 Å². The summed E-state index contributed by atoms with van der Waals surface area (Å²) in [6.45, 7) is 1.93. The van der Waals surface area contributed by atoms with Crippen LogP contribution in [-0.2, 0) is 0 Å². The first-order chi connectivity index (χ1) is 9.52. The topological polar surface area (TPSA) is 80.0 Å². The third-order valence-corrected chi connectivity index (χ3v) is 3.30. The summed E-state index contributed by atoms with van der Waals surface area (Å²) in [6.07, 6.45) is 1.30. The Kier molecular flexibility index (Phi) is 4.31. The quantitative estimate of drug-likeness (QED) is 0.593. The molecule has 0 bridgehead atoms. The smallest absolute Gasteiger partial charge is 0.258 e. The summed E-state index contributed by atoms with van der Waals surface area (Å²) in [5.41, 5.74) is 3.56. The Morgan fingerprint density at radius 1 is 1.40 bits per heavy atom. The number of amides is 1. The van der Waals surface area contributed by atoms with E-state index >= 15 is 0 Å². The normalized spacial score (nSPS) is 10.2. The number of hydrogen-bond donors (Lipinski definition) is 3. The van der Waals surface area contributed by atoms with Crippen molar-refractivity contribution in [2.24, 2.45) is 5.84 Å². The summed E-state index contributed by atoms with van der Waals surface area (Å²) in [5.74, 6) is 3.57. The van der Waals surface area contributed by atoms with Crippen LogP contribution in [0.15, 0.2) is 34.9 Å². The third kappa shape index (κ3) is 2.94. The van der Waals surface area contributed by atoms with Crippen molar-refractivity contribution in [3.8, 4) is 0 Å². The number of anilines is 2. The molecule has 2 rings (SSSR count). The van der Waals surface area contributed by atoms with Crippen LogP contribution in [-0.4, -0.2) is 10.9 Å². The van der Waals surface area contributed by atoms with E-state index in [2.05, 4.69) is 31.7 Å². The van der Waals surface area contributed by atoms with E-state index in [0.29, 0.717) is 5.69 Å². The number of aryl methyl sites for hydroxylation is 1. The molecule has 0 fully saturated rings. The van der Waals surface area contributed by atoms with Crippen LogP contribution >= 0.6 is 15.9 Å². The fourth-order valence-corrected chi connectivity index (χ4v) is 2.22. The first kappa shape index (κ1) is 14.4. The molecule has 0 aliphatic carbocycles. The van der Waals surface area contributed by atoms with Crippen molar-refractivity contribution in [3.63, 3.8) is 0 Å². The number of rotatable bonds is 3. The predicted octanol–water partition coefficient (Wildman–Crippen LogP) is 2.83. The molecule has 1 amide bonds. The van der Waals surface area contributed by atoms with Crippen LogP contribution in [0.5, 0.6) is 0 Å². The maximum absolute atomic E-state index is 13.9. The van der Waals surface area contributed by atoms with Gasteiger partial charge in [-0.05, 0) is 46.6 Å². The van der Waals surface area contributed by atoms with Crippen molar-refractivity contribution in [3.05, 3.63) is 51.9 Å². The average molecular weight is 339 g/mol. The minimum Gasteiger partial charge on any atom is -0.321 e. The lowest BCUT2D eigenvalue weighted by atomic mass is 10.2. The lowest BCUT2D eigenvalue weighted by Crippen LogP contribution is -2.17. The van der Waals surface area contributed by atoms with Gasteiger partial charge in [-0.1, -0.05) is 6.07 Å². The number of hydrogen-bond acceptors (Lipinski definition) is 4. The Morgan fingerprint density at radius 2 is 2.15 bits per heavy atom. The third-order valence-electron chi connectivity index (χ3n) is 2.64. The van der Waals surface area contributed by atoms with Gasteiger partial charge < -0.3 is 10.7 Å². The second kappa shape index (κ2) is 5.98. The number of aromatic nitrogens is 1. The van der Waals surface area contributed by atoms with Gasteiger partial charge in [-0.3, -0.25) is 4.79 Å². The highest BCUT2D eigenvalue weighted by Gasteiger charge is 2.16. The number of carbonyl (C=O) groups is 1. The van der Waals surface area contributed by atoms with E-state index in [1.807, 2.05) is 19.1 Å². The van der Waals surface area contributed by atoms with Gasteiger partial charge in [-0.15, -0.1) is 0 Å². The highest BCUT2D eigenvalue weighted by atomic mass is 79.9. The Balaban J connectivity index is 2.28. The Morgan fingerprint density at radius 3 is 2.80 bits per heavy atom. The molecule has 5 nitrogen and oxygen atoms in total. The van der Waals surface area contributed by atoms with E-state index in [1.165, 1.54) is 12.3 Å². The lowest BCUT2D eigenvalue weighted by molar-refractivity contribution is 0.102. The van der Waals surface area contributed by atoms with E-state index in [9.17, 15) is 9.18 Å². The first-order valence-corrected chi connectivity index (χ1v) is 6.51. The minimum atomic E-state index is -0.796. The van der Waals surface area contributed by atoms with Crippen LogP contribution < -0.4 is 16.6 Å². The van der Waals surface area contributed by atoms with Gasteiger partial charge in [-0.2, -0.15) is 0 Å². The van der Waals surface area contributed by atoms with Crippen LogP contribution in [0.3, 0.4) is 0 Å². The lowest BCUT2D eigenvalue weighted by Gasteiger charge is -2.10. The summed E-state index contributed by atoms with van der Waals surface area (Å²) >= 11 is 3.34. The molecule has 0 saturated heterocycles. The molecule has 0 saturated carbocycles. The Bertz CT molecular complexity index is 663. The minimum absolute atomic E-state index is 0.138. The molecule has 0 spiro atoms. The first-order valence-electron chi connectivity index (χ1n) is 5.71. The molecule has 0 aliphatic rings. The molecule has 20 heavy (non-hydrogen) atoms. The SMILES string of the molecule is Cc1ccc(NC(=O)c2ccnc(NN)c2F)c(Br)c1. The molecule has 0 atom stereocenters. The number of nitrogen functional groups attached to an aromatic ring is 1. The number of nitrogens with zero attached hydrogens (tertiary/aromatic N) is 1. The van der Waals surface area contributed by atoms with Crippen molar-refractivity contribution >= 4 is 33.3 Å². The van der Waals surface area contributed by atoms with Gasteiger partial charge in [-0.25, -0.2) is 15.2 Å². The molecule has 104 valence electrons. The number of halogens is 2. The maximum atomic E-state index is 13.9. The second-order valence-corrected chi connectivity index (χ2v) is 4.96. The van der Waals surface area contributed by atoms with Crippen molar-refractivity contribution in [2.45, 2.75) is 6.92 Å². The monoisotopic (exact) mass is 338 g/mol. The van der Waals surface area contributed by atoms with Gasteiger partial charge in [0, 0.05) is 10.7 Å². The number of nitrogens with one attached hydrogen (secondary N) is 2. The Hall–Kier alpha value is -1.99. The fourth-order valence-electron chi connectivity index (χ4n) is 1.63. The van der Waals surface area contributed by atoms with E-state index in [-0.39, 0.29) is 11.4 Å². The molecule has 1 heterocycles. The van der Waals surface area contributed by atoms with Gasteiger partial charge in [0.25, 0.3) is 5.91 Å².